The summed E-state index contributed by atoms with van der Waals surface area (Å²) in [6.07, 6.45) is 4.70. The van der Waals surface area contributed by atoms with E-state index in [9.17, 15) is 0 Å². The molecule has 0 N–H and O–H groups in total. The monoisotopic (exact) mass is 189 g/mol. The molecule has 0 aliphatic rings. The van der Waals surface area contributed by atoms with Crippen LogP contribution in [0.15, 0.2) is 24.5 Å². The van der Waals surface area contributed by atoms with E-state index in [1.54, 1.807) is 6.20 Å². The van der Waals surface area contributed by atoms with Crippen molar-refractivity contribution in [2.45, 2.75) is 27.2 Å². The van der Waals surface area contributed by atoms with E-state index in [1.165, 1.54) is 0 Å². The molecular weight excluding hydrogens is 174 g/mol. The van der Waals surface area contributed by atoms with Crippen molar-refractivity contribution < 1.29 is 0 Å². The largest absolute Gasteiger partial charge is 0.237 e. The van der Waals surface area contributed by atoms with E-state index in [0.29, 0.717) is 0 Å². The van der Waals surface area contributed by atoms with Gasteiger partial charge in [0, 0.05) is 18.5 Å². The Bertz CT molecular complexity index is 404. The van der Waals surface area contributed by atoms with Crippen molar-refractivity contribution in [2.24, 2.45) is 5.41 Å². The van der Waals surface area contributed by atoms with Crippen LogP contribution >= 0.6 is 0 Å². The average molecular weight is 189 g/mol. The third kappa shape index (κ3) is 1.92. The van der Waals surface area contributed by atoms with Crippen molar-refractivity contribution in [3.8, 4) is 0 Å². The molecule has 0 saturated carbocycles. The number of hydrogen-bond donors (Lipinski definition) is 0. The summed E-state index contributed by atoms with van der Waals surface area (Å²) in [6.45, 7) is 6.64. The number of rotatable bonds is 1. The Labute approximate surface area is 83.8 Å². The van der Waals surface area contributed by atoms with Gasteiger partial charge in [-0.05, 0) is 17.9 Å². The van der Waals surface area contributed by atoms with E-state index in [4.69, 9.17) is 0 Å². The van der Waals surface area contributed by atoms with Crippen LogP contribution in [-0.4, -0.2) is 14.6 Å². The molecule has 0 spiro atoms. The zero-order chi connectivity index (χ0) is 10.2. The Morgan fingerprint density at radius 2 is 2.14 bits per heavy atom. The minimum atomic E-state index is 0.276. The quantitative estimate of drug-likeness (QED) is 0.689. The van der Waals surface area contributed by atoms with E-state index in [0.717, 1.165) is 17.8 Å². The minimum Gasteiger partial charge on any atom is -0.237 e. The molecule has 0 radical (unpaired) electrons. The molecule has 0 saturated heterocycles. The molecule has 2 heterocycles. The second-order valence-corrected chi connectivity index (χ2v) is 4.80. The van der Waals surface area contributed by atoms with Gasteiger partial charge in [-0.1, -0.05) is 20.8 Å². The SMILES string of the molecule is CC(C)(C)Cc1cc2ncccn2n1. The summed E-state index contributed by atoms with van der Waals surface area (Å²) in [7, 11) is 0. The lowest BCUT2D eigenvalue weighted by Crippen LogP contribution is -2.09. The summed E-state index contributed by atoms with van der Waals surface area (Å²) in [5, 5.41) is 4.45. The minimum absolute atomic E-state index is 0.276. The van der Waals surface area contributed by atoms with E-state index in [-0.39, 0.29) is 5.41 Å². The molecule has 0 aliphatic heterocycles. The average Bonchev–Trinajstić information content (AvgIpc) is 2.42. The third-order valence-corrected chi connectivity index (χ3v) is 2.00. The summed E-state index contributed by atoms with van der Waals surface area (Å²) < 4.78 is 1.82. The standard InChI is InChI=1S/C11H15N3/c1-11(2,3)8-9-7-10-12-5-4-6-14(10)13-9/h4-7H,8H2,1-3H3. The predicted molar refractivity (Wildman–Crippen MR) is 56.1 cm³/mol. The van der Waals surface area contributed by atoms with Gasteiger partial charge in [0.2, 0.25) is 0 Å². The maximum Gasteiger partial charge on any atom is 0.155 e. The van der Waals surface area contributed by atoms with E-state index in [1.807, 2.05) is 22.8 Å². The van der Waals surface area contributed by atoms with Gasteiger partial charge in [0.1, 0.15) is 0 Å². The molecule has 0 unspecified atom stereocenters. The van der Waals surface area contributed by atoms with Crippen LogP contribution < -0.4 is 0 Å². The second kappa shape index (κ2) is 3.08. The number of aromatic nitrogens is 3. The fraction of sp³-hybridized carbons (Fsp3) is 0.455. The van der Waals surface area contributed by atoms with Gasteiger partial charge in [0.25, 0.3) is 0 Å². The van der Waals surface area contributed by atoms with Gasteiger partial charge in [-0.3, -0.25) is 0 Å². The molecule has 2 aromatic heterocycles. The molecule has 74 valence electrons. The highest BCUT2D eigenvalue weighted by atomic mass is 15.2. The molecule has 0 amide bonds. The lowest BCUT2D eigenvalue weighted by Gasteiger charge is -2.15. The number of hydrogen-bond acceptors (Lipinski definition) is 2. The van der Waals surface area contributed by atoms with Gasteiger partial charge >= 0.3 is 0 Å². The molecule has 0 fully saturated rings. The molecule has 2 aromatic rings. The van der Waals surface area contributed by atoms with Crippen LogP contribution in [-0.2, 0) is 6.42 Å². The Morgan fingerprint density at radius 3 is 2.79 bits per heavy atom. The number of nitrogens with zero attached hydrogens (tertiary/aromatic N) is 3. The molecule has 3 heteroatoms. The third-order valence-electron chi connectivity index (χ3n) is 2.00. The van der Waals surface area contributed by atoms with Gasteiger partial charge in [0.15, 0.2) is 5.65 Å². The van der Waals surface area contributed by atoms with E-state index < -0.39 is 0 Å². The first-order valence-electron chi connectivity index (χ1n) is 4.84. The first-order valence-corrected chi connectivity index (χ1v) is 4.84. The second-order valence-electron chi connectivity index (χ2n) is 4.80. The normalized spacial score (nSPS) is 12.2. The van der Waals surface area contributed by atoms with Gasteiger partial charge < -0.3 is 0 Å². The summed E-state index contributed by atoms with van der Waals surface area (Å²) in [6, 6.07) is 3.94. The molecule has 0 aromatic carbocycles. The maximum atomic E-state index is 4.45. The van der Waals surface area contributed by atoms with Crippen LogP contribution in [0.4, 0.5) is 0 Å². The highest BCUT2D eigenvalue weighted by molar-refractivity contribution is 5.38. The topological polar surface area (TPSA) is 30.2 Å². The Kier molecular flexibility index (Phi) is 2.02. The van der Waals surface area contributed by atoms with Crippen molar-refractivity contribution in [1.29, 1.82) is 0 Å². The van der Waals surface area contributed by atoms with Crippen LogP contribution in [0.5, 0.6) is 0 Å². The zero-order valence-corrected chi connectivity index (χ0v) is 8.86. The van der Waals surface area contributed by atoms with Crippen molar-refractivity contribution in [3.05, 3.63) is 30.2 Å². The van der Waals surface area contributed by atoms with E-state index in [2.05, 4.69) is 30.9 Å². The van der Waals surface area contributed by atoms with Crippen molar-refractivity contribution >= 4 is 5.65 Å². The lowest BCUT2D eigenvalue weighted by molar-refractivity contribution is 0.405. The fourth-order valence-corrected chi connectivity index (χ4v) is 1.51. The Hall–Kier alpha value is -1.38. The van der Waals surface area contributed by atoms with Crippen LogP contribution in [0.25, 0.3) is 5.65 Å². The maximum absolute atomic E-state index is 4.45. The molecule has 2 rings (SSSR count). The number of fused-ring (bicyclic) bond motifs is 1. The summed E-state index contributed by atoms with van der Waals surface area (Å²) in [5.74, 6) is 0. The lowest BCUT2D eigenvalue weighted by atomic mass is 9.91. The van der Waals surface area contributed by atoms with Gasteiger partial charge in [-0.2, -0.15) is 5.10 Å². The molecule has 0 atom stereocenters. The van der Waals surface area contributed by atoms with Crippen molar-refractivity contribution in [1.82, 2.24) is 14.6 Å². The summed E-state index contributed by atoms with van der Waals surface area (Å²) >= 11 is 0. The molecule has 0 bridgehead atoms. The zero-order valence-electron chi connectivity index (χ0n) is 8.86. The summed E-state index contributed by atoms with van der Waals surface area (Å²) in [5.41, 5.74) is 2.31. The Balaban J connectivity index is 2.36. The molecule has 14 heavy (non-hydrogen) atoms. The van der Waals surface area contributed by atoms with E-state index >= 15 is 0 Å². The van der Waals surface area contributed by atoms with Gasteiger partial charge in [0.05, 0.1) is 5.69 Å². The van der Waals surface area contributed by atoms with Crippen LogP contribution in [0.1, 0.15) is 26.5 Å². The predicted octanol–water partition coefficient (Wildman–Crippen LogP) is 2.32. The molecule has 0 aliphatic carbocycles. The fourth-order valence-electron chi connectivity index (χ4n) is 1.51. The first kappa shape index (κ1) is 9.19. The highest BCUT2D eigenvalue weighted by Gasteiger charge is 2.13. The summed E-state index contributed by atoms with van der Waals surface area (Å²) in [4.78, 5) is 4.23. The van der Waals surface area contributed by atoms with Gasteiger partial charge in [-0.25, -0.2) is 9.50 Å². The van der Waals surface area contributed by atoms with Crippen LogP contribution in [0.3, 0.4) is 0 Å². The molecular formula is C11H15N3. The Morgan fingerprint density at radius 1 is 1.36 bits per heavy atom. The highest BCUT2D eigenvalue weighted by Crippen LogP contribution is 2.19. The van der Waals surface area contributed by atoms with Crippen LogP contribution in [0, 0.1) is 5.41 Å². The smallest absolute Gasteiger partial charge is 0.155 e. The van der Waals surface area contributed by atoms with Crippen molar-refractivity contribution in [2.75, 3.05) is 0 Å². The van der Waals surface area contributed by atoms with Crippen LogP contribution in [0.2, 0.25) is 0 Å². The van der Waals surface area contributed by atoms with Crippen molar-refractivity contribution in [3.63, 3.8) is 0 Å². The van der Waals surface area contributed by atoms with Gasteiger partial charge in [-0.15, -0.1) is 0 Å². The first-order chi connectivity index (χ1) is 6.54. The molecule has 3 nitrogen and oxygen atoms in total.